The largest absolute Gasteiger partial charge is 0.352 e. The number of hydrogen-bond acceptors (Lipinski definition) is 3. The molecule has 0 aromatic heterocycles. The van der Waals surface area contributed by atoms with Crippen molar-refractivity contribution in [2.45, 2.75) is 18.9 Å². The fourth-order valence-electron chi connectivity index (χ4n) is 2.02. The number of carbonyl (C=O) groups excluding carboxylic acids is 2. The van der Waals surface area contributed by atoms with E-state index in [1.54, 1.807) is 25.1 Å². The van der Waals surface area contributed by atoms with E-state index in [1.807, 2.05) is 4.90 Å². The van der Waals surface area contributed by atoms with E-state index >= 15 is 0 Å². The molecule has 1 saturated heterocycles. The minimum Gasteiger partial charge on any atom is -0.352 e. The minimum absolute atomic E-state index is 0.0524. The predicted octanol–water partition coefficient (Wildman–Crippen LogP) is -0.159. The van der Waals surface area contributed by atoms with Crippen LogP contribution in [0.1, 0.15) is 12.8 Å². The van der Waals surface area contributed by atoms with Crippen molar-refractivity contribution in [1.82, 2.24) is 15.1 Å². The Morgan fingerprint density at radius 1 is 1.53 bits per heavy atom. The van der Waals surface area contributed by atoms with Gasteiger partial charge in [-0.05, 0) is 19.4 Å². The molecule has 17 heavy (non-hydrogen) atoms. The summed E-state index contributed by atoms with van der Waals surface area (Å²) >= 11 is 0. The Balaban J connectivity index is 2.49. The first kappa shape index (κ1) is 13.7. The summed E-state index contributed by atoms with van der Waals surface area (Å²) in [6.45, 7) is 5.11. The molecule has 1 heterocycles. The van der Waals surface area contributed by atoms with Gasteiger partial charge in [0.05, 0.1) is 12.6 Å². The zero-order valence-corrected chi connectivity index (χ0v) is 10.6. The third kappa shape index (κ3) is 3.85. The number of nitrogens with zero attached hydrogens (tertiary/aromatic N) is 2. The lowest BCUT2D eigenvalue weighted by atomic mass is 10.2. The van der Waals surface area contributed by atoms with Crippen molar-refractivity contribution in [3.8, 4) is 0 Å². The van der Waals surface area contributed by atoms with Crippen molar-refractivity contribution in [3.63, 3.8) is 0 Å². The molecule has 0 spiro atoms. The highest BCUT2D eigenvalue weighted by atomic mass is 16.2. The Hall–Kier alpha value is -1.36. The van der Waals surface area contributed by atoms with Crippen molar-refractivity contribution in [2.75, 3.05) is 33.7 Å². The SMILES string of the molecule is C=CCNC(=O)CN1CCCC1C(=O)N(C)C. The van der Waals surface area contributed by atoms with Crippen molar-refractivity contribution in [2.24, 2.45) is 0 Å². The predicted molar refractivity (Wildman–Crippen MR) is 66.5 cm³/mol. The molecule has 1 rings (SSSR count). The van der Waals surface area contributed by atoms with E-state index in [-0.39, 0.29) is 24.4 Å². The number of carbonyl (C=O) groups is 2. The first-order valence-corrected chi connectivity index (χ1v) is 5.89. The maximum absolute atomic E-state index is 11.9. The molecule has 1 unspecified atom stereocenters. The lowest BCUT2D eigenvalue weighted by molar-refractivity contribution is -0.134. The number of likely N-dealkylation sites (tertiary alicyclic amines) is 1. The lowest BCUT2D eigenvalue weighted by Crippen LogP contribution is -2.46. The molecule has 0 saturated carbocycles. The Morgan fingerprint density at radius 3 is 2.82 bits per heavy atom. The smallest absolute Gasteiger partial charge is 0.239 e. The summed E-state index contributed by atoms with van der Waals surface area (Å²) in [5, 5.41) is 2.72. The average molecular weight is 239 g/mol. The zero-order chi connectivity index (χ0) is 12.8. The highest BCUT2D eigenvalue weighted by Gasteiger charge is 2.32. The summed E-state index contributed by atoms with van der Waals surface area (Å²) in [4.78, 5) is 27.0. The second-order valence-electron chi connectivity index (χ2n) is 4.45. The second kappa shape index (κ2) is 6.39. The van der Waals surface area contributed by atoms with Gasteiger partial charge in [-0.2, -0.15) is 0 Å². The monoisotopic (exact) mass is 239 g/mol. The van der Waals surface area contributed by atoms with Gasteiger partial charge in [-0.3, -0.25) is 14.5 Å². The normalized spacial score (nSPS) is 20.0. The summed E-state index contributed by atoms with van der Waals surface area (Å²) in [5.41, 5.74) is 0. The van der Waals surface area contributed by atoms with E-state index in [4.69, 9.17) is 0 Å². The highest BCUT2D eigenvalue weighted by molar-refractivity contribution is 5.83. The standard InChI is InChI=1S/C12H21N3O2/c1-4-7-13-11(16)9-15-8-5-6-10(15)12(17)14(2)3/h4,10H,1,5-9H2,2-3H3,(H,13,16). The van der Waals surface area contributed by atoms with Crippen molar-refractivity contribution < 1.29 is 9.59 Å². The topological polar surface area (TPSA) is 52.7 Å². The number of likely N-dealkylation sites (N-methyl/N-ethyl adjacent to an activating group) is 1. The van der Waals surface area contributed by atoms with Gasteiger partial charge < -0.3 is 10.2 Å². The molecule has 5 heteroatoms. The Kier molecular flexibility index (Phi) is 5.15. The van der Waals surface area contributed by atoms with E-state index in [1.165, 1.54) is 0 Å². The summed E-state index contributed by atoms with van der Waals surface area (Å²) in [5.74, 6) is 0.0300. The number of amides is 2. The van der Waals surface area contributed by atoms with Crippen molar-refractivity contribution >= 4 is 11.8 Å². The summed E-state index contributed by atoms with van der Waals surface area (Å²) in [7, 11) is 3.49. The van der Waals surface area contributed by atoms with Crippen molar-refractivity contribution in [1.29, 1.82) is 0 Å². The average Bonchev–Trinajstić information content (AvgIpc) is 2.73. The molecule has 1 aliphatic heterocycles. The first-order chi connectivity index (χ1) is 8.06. The molecule has 1 aliphatic rings. The van der Waals surface area contributed by atoms with Crippen LogP contribution in [0.5, 0.6) is 0 Å². The van der Waals surface area contributed by atoms with E-state index in [0.29, 0.717) is 6.54 Å². The van der Waals surface area contributed by atoms with E-state index in [0.717, 1.165) is 19.4 Å². The van der Waals surface area contributed by atoms with Gasteiger partial charge in [-0.15, -0.1) is 6.58 Å². The molecule has 0 aromatic rings. The number of rotatable bonds is 5. The second-order valence-corrected chi connectivity index (χ2v) is 4.45. The van der Waals surface area contributed by atoms with Gasteiger partial charge in [0, 0.05) is 20.6 Å². The first-order valence-electron chi connectivity index (χ1n) is 5.89. The van der Waals surface area contributed by atoms with Gasteiger partial charge in [-0.1, -0.05) is 6.08 Å². The van der Waals surface area contributed by atoms with Crippen LogP contribution in [0.2, 0.25) is 0 Å². The molecule has 96 valence electrons. The molecule has 5 nitrogen and oxygen atoms in total. The molecular formula is C12H21N3O2. The Bertz CT molecular complexity index is 302. The molecular weight excluding hydrogens is 218 g/mol. The van der Waals surface area contributed by atoms with E-state index < -0.39 is 0 Å². The van der Waals surface area contributed by atoms with Crippen LogP contribution in [0.4, 0.5) is 0 Å². The van der Waals surface area contributed by atoms with Crippen LogP contribution in [-0.4, -0.2) is 61.4 Å². The van der Waals surface area contributed by atoms with Gasteiger partial charge in [0.1, 0.15) is 0 Å². The van der Waals surface area contributed by atoms with Crippen LogP contribution < -0.4 is 5.32 Å². The van der Waals surface area contributed by atoms with Gasteiger partial charge in [0.15, 0.2) is 0 Å². The fraction of sp³-hybridized carbons (Fsp3) is 0.667. The van der Waals surface area contributed by atoms with Crippen LogP contribution in [0.25, 0.3) is 0 Å². The number of hydrogen-bond donors (Lipinski definition) is 1. The molecule has 0 bridgehead atoms. The van der Waals surface area contributed by atoms with Crippen LogP contribution in [0.3, 0.4) is 0 Å². The fourth-order valence-corrected chi connectivity index (χ4v) is 2.02. The van der Waals surface area contributed by atoms with E-state index in [9.17, 15) is 9.59 Å². The Morgan fingerprint density at radius 2 is 2.24 bits per heavy atom. The summed E-state index contributed by atoms with van der Waals surface area (Å²) in [6.07, 6.45) is 3.45. The van der Waals surface area contributed by atoms with Crippen LogP contribution >= 0.6 is 0 Å². The van der Waals surface area contributed by atoms with E-state index in [2.05, 4.69) is 11.9 Å². The maximum atomic E-state index is 11.9. The molecule has 0 radical (unpaired) electrons. The third-order valence-electron chi connectivity index (χ3n) is 2.88. The molecule has 0 aromatic carbocycles. The van der Waals surface area contributed by atoms with Gasteiger partial charge in [0.25, 0.3) is 0 Å². The zero-order valence-electron chi connectivity index (χ0n) is 10.6. The van der Waals surface area contributed by atoms with Gasteiger partial charge in [0.2, 0.25) is 11.8 Å². The van der Waals surface area contributed by atoms with Crippen LogP contribution in [0, 0.1) is 0 Å². The third-order valence-corrected chi connectivity index (χ3v) is 2.88. The summed E-state index contributed by atoms with van der Waals surface area (Å²) < 4.78 is 0. The molecule has 1 fully saturated rings. The molecule has 1 N–H and O–H groups in total. The van der Waals surface area contributed by atoms with Crippen LogP contribution in [0.15, 0.2) is 12.7 Å². The quantitative estimate of drug-likeness (QED) is 0.678. The molecule has 1 atom stereocenters. The van der Waals surface area contributed by atoms with Crippen LogP contribution in [-0.2, 0) is 9.59 Å². The van der Waals surface area contributed by atoms with Crippen molar-refractivity contribution in [3.05, 3.63) is 12.7 Å². The molecule has 2 amide bonds. The van der Waals surface area contributed by atoms with Gasteiger partial charge >= 0.3 is 0 Å². The van der Waals surface area contributed by atoms with Gasteiger partial charge in [-0.25, -0.2) is 0 Å². The molecule has 0 aliphatic carbocycles. The highest BCUT2D eigenvalue weighted by Crippen LogP contribution is 2.17. The Labute approximate surface area is 102 Å². The minimum atomic E-state index is -0.139. The maximum Gasteiger partial charge on any atom is 0.239 e. The summed E-state index contributed by atoms with van der Waals surface area (Å²) in [6, 6.07) is -0.139. The lowest BCUT2D eigenvalue weighted by Gasteiger charge is -2.25. The number of nitrogens with one attached hydrogen (secondary N) is 1.